The monoisotopic (exact) mass is 292 g/mol. The lowest BCUT2D eigenvalue weighted by Gasteiger charge is -2.16. The van der Waals surface area contributed by atoms with Crippen LogP contribution in [-0.2, 0) is 9.53 Å². The van der Waals surface area contributed by atoms with Gasteiger partial charge in [-0.25, -0.2) is 4.79 Å². The summed E-state index contributed by atoms with van der Waals surface area (Å²) in [4.78, 5) is 25.2. The zero-order valence-corrected chi connectivity index (χ0v) is 11.9. The second-order valence-electron chi connectivity index (χ2n) is 4.82. The first-order valence-electron chi connectivity index (χ1n) is 7.11. The molecule has 0 atom stereocenters. The van der Waals surface area contributed by atoms with E-state index in [-0.39, 0.29) is 19.1 Å². The number of benzene rings is 1. The first-order chi connectivity index (χ1) is 10.2. The lowest BCUT2D eigenvalue weighted by molar-refractivity contribution is -0.128. The highest BCUT2D eigenvalue weighted by Crippen LogP contribution is 2.16. The van der Waals surface area contributed by atoms with Crippen molar-refractivity contribution in [1.82, 2.24) is 4.90 Å². The number of rotatable bonds is 7. The number of hydrogen-bond donors (Lipinski definition) is 2. The van der Waals surface area contributed by atoms with Crippen LogP contribution in [-0.4, -0.2) is 54.7 Å². The second-order valence-corrected chi connectivity index (χ2v) is 4.82. The minimum Gasteiger partial charge on any atom is -0.460 e. The minimum atomic E-state index is -0.428. The average Bonchev–Trinajstić information content (AvgIpc) is 2.91. The Morgan fingerprint density at radius 1 is 1.38 bits per heavy atom. The highest BCUT2D eigenvalue weighted by atomic mass is 16.5. The smallest absolute Gasteiger partial charge is 0.340 e. The molecule has 2 rings (SSSR count). The number of nitrogens with one attached hydrogen (secondary N) is 1. The van der Waals surface area contributed by atoms with Gasteiger partial charge in [0.1, 0.15) is 6.61 Å². The van der Waals surface area contributed by atoms with Crippen molar-refractivity contribution in [2.24, 2.45) is 0 Å². The SMILES string of the molecule is O=C(OCCN1CCCC1=O)c1ccccc1NCCO. The minimum absolute atomic E-state index is 0.0134. The van der Waals surface area contributed by atoms with Gasteiger partial charge in [0.2, 0.25) is 5.91 Å². The van der Waals surface area contributed by atoms with Gasteiger partial charge < -0.3 is 20.1 Å². The van der Waals surface area contributed by atoms with E-state index in [4.69, 9.17) is 9.84 Å². The average molecular weight is 292 g/mol. The molecule has 1 fully saturated rings. The van der Waals surface area contributed by atoms with Crippen LogP contribution in [0.2, 0.25) is 0 Å². The van der Waals surface area contributed by atoms with Crippen molar-refractivity contribution in [2.75, 3.05) is 38.2 Å². The Kier molecular flexibility index (Phi) is 5.57. The summed E-state index contributed by atoms with van der Waals surface area (Å²) in [5.74, 6) is -0.307. The van der Waals surface area contributed by atoms with Gasteiger partial charge in [0.15, 0.2) is 0 Å². The molecule has 0 unspecified atom stereocenters. The van der Waals surface area contributed by atoms with E-state index in [1.54, 1.807) is 29.2 Å². The Bertz CT molecular complexity index is 504. The number of hydrogen-bond acceptors (Lipinski definition) is 5. The number of anilines is 1. The molecule has 1 saturated heterocycles. The number of carbonyl (C=O) groups is 2. The van der Waals surface area contributed by atoms with Crippen LogP contribution in [0.4, 0.5) is 5.69 Å². The molecular weight excluding hydrogens is 272 g/mol. The van der Waals surface area contributed by atoms with E-state index in [0.717, 1.165) is 13.0 Å². The molecule has 2 N–H and O–H groups in total. The van der Waals surface area contributed by atoms with Crippen LogP contribution >= 0.6 is 0 Å². The first kappa shape index (κ1) is 15.3. The van der Waals surface area contributed by atoms with Crippen LogP contribution in [0.25, 0.3) is 0 Å². The number of esters is 1. The van der Waals surface area contributed by atoms with Crippen LogP contribution in [0.15, 0.2) is 24.3 Å². The predicted octanol–water partition coefficient (Wildman–Crippen LogP) is 0.870. The maximum atomic E-state index is 12.1. The van der Waals surface area contributed by atoms with Gasteiger partial charge in [-0.05, 0) is 18.6 Å². The van der Waals surface area contributed by atoms with Crippen molar-refractivity contribution >= 4 is 17.6 Å². The summed E-state index contributed by atoms with van der Waals surface area (Å²) in [6.45, 7) is 1.73. The fourth-order valence-corrected chi connectivity index (χ4v) is 2.27. The van der Waals surface area contributed by atoms with Crippen LogP contribution in [0.3, 0.4) is 0 Å². The Balaban J connectivity index is 1.86. The molecule has 114 valence electrons. The van der Waals surface area contributed by atoms with Crippen molar-refractivity contribution in [3.63, 3.8) is 0 Å². The molecule has 1 aliphatic rings. The second kappa shape index (κ2) is 7.64. The number of aliphatic hydroxyl groups is 1. The summed E-state index contributed by atoms with van der Waals surface area (Å²) in [5, 5.41) is 11.8. The highest BCUT2D eigenvalue weighted by Gasteiger charge is 2.20. The quantitative estimate of drug-likeness (QED) is 0.729. The van der Waals surface area contributed by atoms with E-state index >= 15 is 0 Å². The molecule has 0 radical (unpaired) electrons. The molecule has 0 saturated carbocycles. The van der Waals surface area contributed by atoms with E-state index in [1.165, 1.54) is 0 Å². The van der Waals surface area contributed by atoms with E-state index < -0.39 is 5.97 Å². The molecule has 0 aliphatic carbocycles. The maximum Gasteiger partial charge on any atom is 0.340 e. The third-order valence-electron chi connectivity index (χ3n) is 3.34. The topological polar surface area (TPSA) is 78.9 Å². The number of aliphatic hydroxyl groups excluding tert-OH is 1. The number of amides is 1. The van der Waals surface area contributed by atoms with E-state index in [1.807, 2.05) is 0 Å². The third-order valence-corrected chi connectivity index (χ3v) is 3.34. The van der Waals surface area contributed by atoms with Crippen molar-refractivity contribution < 1.29 is 19.4 Å². The fraction of sp³-hybridized carbons (Fsp3) is 0.467. The highest BCUT2D eigenvalue weighted by molar-refractivity contribution is 5.95. The van der Waals surface area contributed by atoms with Crippen molar-refractivity contribution in [2.45, 2.75) is 12.8 Å². The molecule has 1 heterocycles. The largest absolute Gasteiger partial charge is 0.460 e. The molecule has 6 nitrogen and oxygen atoms in total. The lowest BCUT2D eigenvalue weighted by atomic mass is 10.2. The molecule has 0 aromatic heterocycles. The van der Waals surface area contributed by atoms with Crippen LogP contribution in [0.5, 0.6) is 0 Å². The van der Waals surface area contributed by atoms with Crippen LogP contribution < -0.4 is 5.32 Å². The molecule has 21 heavy (non-hydrogen) atoms. The molecule has 0 bridgehead atoms. The Morgan fingerprint density at radius 2 is 2.19 bits per heavy atom. The summed E-state index contributed by atoms with van der Waals surface area (Å²) in [6, 6.07) is 6.99. The summed E-state index contributed by atoms with van der Waals surface area (Å²) in [7, 11) is 0. The van der Waals surface area contributed by atoms with Gasteiger partial charge in [0, 0.05) is 25.2 Å². The lowest BCUT2D eigenvalue weighted by Crippen LogP contribution is -2.29. The van der Waals surface area contributed by atoms with Crippen molar-refractivity contribution in [1.29, 1.82) is 0 Å². The van der Waals surface area contributed by atoms with Gasteiger partial charge in [-0.1, -0.05) is 12.1 Å². The Hall–Kier alpha value is -2.08. The molecular formula is C15H20N2O4. The van der Waals surface area contributed by atoms with Gasteiger partial charge in [-0.3, -0.25) is 4.79 Å². The standard InChI is InChI=1S/C15H20N2O4/c18-10-7-16-13-5-2-1-4-12(13)15(20)21-11-9-17-8-3-6-14(17)19/h1-2,4-5,16,18H,3,6-11H2. The molecule has 1 aromatic rings. The molecule has 1 aliphatic heterocycles. The Morgan fingerprint density at radius 3 is 2.90 bits per heavy atom. The zero-order chi connectivity index (χ0) is 15.1. The summed E-state index contributed by atoms with van der Waals surface area (Å²) < 4.78 is 5.22. The van der Waals surface area contributed by atoms with E-state index in [9.17, 15) is 9.59 Å². The van der Waals surface area contributed by atoms with Gasteiger partial charge >= 0.3 is 5.97 Å². The summed E-state index contributed by atoms with van der Waals surface area (Å²) in [6.07, 6.45) is 1.46. The Labute approximate surface area is 123 Å². The zero-order valence-electron chi connectivity index (χ0n) is 11.9. The van der Waals surface area contributed by atoms with E-state index in [0.29, 0.717) is 30.8 Å². The number of carbonyl (C=O) groups excluding carboxylic acids is 2. The predicted molar refractivity (Wildman–Crippen MR) is 78.1 cm³/mol. The fourth-order valence-electron chi connectivity index (χ4n) is 2.27. The van der Waals surface area contributed by atoms with Gasteiger partial charge in [0.25, 0.3) is 0 Å². The summed E-state index contributed by atoms with van der Waals surface area (Å²) >= 11 is 0. The van der Waals surface area contributed by atoms with Gasteiger partial charge in [-0.2, -0.15) is 0 Å². The molecule has 0 spiro atoms. The maximum absolute atomic E-state index is 12.1. The number of nitrogens with zero attached hydrogens (tertiary/aromatic N) is 1. The number of para-hydroxylation sites is 1. The number of likely N-dealkylation sites (tertiary alicyclic amines) is 1. The van der Waals surface area contributed by atoms with Crippen LogP contribution in [0.1, 0.15) is 23.2 Å². The third kappa shape index (κ3) is 4.19. The number of ether oxygens (including phenoxy) is 1. The summed E-state index contributed by atoms with van der Waals surface area (Å²) in [5.41, 5.74) is 1.06. The molecule has 1 amide bonds. The molecule has 6 heteroatoms. The first-order valence-corrected chi connectivity index (χ1v) is 7.11. The normalized spacial score (nSPS) is 14.3. The van der Waals surface area contributed by atoms with E-state index in [2.05, 4.69) is 5.32 Å². The van der Waals surface area contributed by atoms with Gasteiger partial charge in [0.05, 0.1) is 18.7 Å². The van der Waals surface area contributed by atoms with Crippen molar-refractivity contribution in [3.8, 4) is 0 Å². The van der Waals surface area contributed by atoms with Gasteiger partial charge in [-0.15, -0.1) is 0 Å². The van der Waals surface area contributed by atoms with Crippen molar-refractivity contribution in [3.05, 3.63) is 29.8 Å². The van der Waals surface area contributed by atoms with Crippen LogP contribution in [0, 0.1) is 0 Å². The molecule has 1 aromatic carbocycles.